The van der Waals surface area contributed by atoms with E-state index >= 15 is 0 Å². The number of hydrogen-bond acceptors (Lipinski definition) is 5. The lowest BCUT2D eigenvalue weighted by Crippen LogP contribution is -2.15. The number of benzene rings is 2. The highest BCUT2D eigenvalue weighted by atomic mass is 127. The van der Waals surface area contributed by atoms with E-state index in [9.17, 15) is 14.9 Å². The fourth-order valence-corrected chi connectivity index (χ4v) is 3.07. The molecule has 1 N–H and O–H groups in total. The number of ether oxygens (including phenoxy) is 1. The fourth-order valence-electron chi connectivity index (χ4n) is 2.54. The molecule has 1 heterocycles. The summed E-state index contributed by atoms with van der Waals surface area (Å²) in [4.78, 5) is 23.0. The second kappa shape index (κ2) is 9.23. The Hall–Kier alpha value is -2.66. The van der Waals surface area contributed by atoms with Crippen LogP contribution in [0.5, 0.6) is 11.5 Å². The summed E-state index contributed by atoms with van der Waals surface area (Å²) in [7, 11) is 0. The first-order valence-corrected chi connectivity index (χ1v) is 9.98. The Kier molecular flexibility index (Phi) is 6.70. The number of carbonyl (C=O) groups excluding carboxylic acids is 1. The van der Waals surface area contributed by atoms with Crippen molar-refractivity contribution >= 4 is 51.5 Å². The molecule has 2 aromatic carbocycles. The minimum Gasteiger partial charge on any atom is -0.457 e. The summed E-state index contributed by atoms with van der Waals surface area (Å²) in [6.07, 6.45) is 1.91. The van der Waals surface area contributed by atoms with E-state index < -0.39 is 4.92 Å². The molecule has 0 bridgehead atoms. The molecule has 0 atom stereocenters. The zero-order valence-corrected chi connectivity index (χ0v) is 18.2. The molecule has 3 rings (SSSR count). The fraction of sp³-hybridized carbons (Fsp3) is 0.158. The molecule has 0 fully saturated rings. The number of nitrogens with zero attached hydrogens (tertiary/aromatic N) is 3. The van der Waals surface area contributed by atoms with Crippen molar-refractivity contribution in [1.29, 1.82) is 0 Å². The van der Waals surface area contributed by atoms with Crippen molar-refractivity contribution in [2.24, 2.45) is 0 Å². The molecule has 0 saturated carbocycles. The van der Waals surface area contributed by atoms with E-state index in [0.717, 1.165) is 9.26 Å². The van der Waals surface area contributed by atoms with Gasteiger partial charge in [-0.2, -0.15) is 5.10 Å². The van der Waals surface area contributed by atoms with Gasteiger partial charge in [-0.15, -0.1) is 0 Å². The molecule has 1 aromatic heterocycles. The summed E-state index contributed by atoms with van der Waals surface area (Å²) in [5.74, 6) is 0.415. The van der Waals surface area contributed by atoms with E-state index in [4.69, 9.17) is 16.3 Å². The number of amides is 1. The summed E-state index contributed by atoms with van der Waals surface area (Å²) < 4.78 is 8.42. The molecule has 1 amide bonds. The number of nitro groups is 1. The maximum atomic E-state index is 12.3. The molecule has 0 saturated heterocycles. The lowest BCUT2D eigenvalue weighted by molar-refractivity contribution is -0.384. The molecule has 8 nitrogen and oxygen atoms in total. The maximum Gasteiger partial charge on any atom is 0.275 e. The van der Waals surface area contributed by atoms with E-state index in [1.54, 1.807) is 35.1 Å². The Morgan fingerprint density at radius 1 is 1.28 bits per heavy atom. The number of non-ortho nitro benzene ring substituents is 1. The third kappa shape index (κ3) is 5.67. The summed E-state index contributed by atoms with van der Waals surface area (Å²) in [5, 5.41) is 18.7. The summed E-state index contributed by atoms with van der Waals surface area (Å²) >= 11 is 8.03. The minimum absolute atomic E-state index is 0.175. The van der Waals surface area contributed by atoms with Crippen LogP contribution in [0, 0.1) is 20.6 Å². The normalized spacial score (nSPS) is 10.6. The van der Waals surface area contributed by atoms with Gasteiger partial charge in [0.2, 0.25) is 5.91 Å². The summed E-state index contributed by atoms with van der Waals surface area (Å²) in [6, 6.07) is 10.7. The number of carbonyl (C=O) groups is 1. The van der Waals surface area contributed by atoms with Gasteiger partial charge in [-0.1, -0.05) is 11.6 Å². The highest BCUT2D eigenvalue weighted by Crippen LogP contribution is 2.30. The Morgan fingerprint density at radius 2 is 2.00 bits per heavy atom. The first kappa shape index (κ1) is 21.1. The lowest BCUT2D eigenvalue weighted by Gasteiger charge is -2.10. The number of nitro benzene ring substituents is 1. The largest absolute Gasteiger partial charge is 0.457 e. The van der Waals surface area contributed by atoms with E-state index in [0.29, 0.717) is 17.3 Å². The van der Waals surface area contributed by atoms with Gasteiger partial charge in [0.15, 0.2) is 0 Å². The Labute approximate surface area is 185 Å². The number of rotatable bonds is 7. The number of anilines is 1. The predicted octanol–water partition coefficient (Wildman–Crippen LogP) is 5.18. The van der Waals surface area contributed by atoms with Crippen molar-refractivity contribution in [2.75, 3.05) is 5.32 Å². The van der Waals surface area contributed by atoms with Gasteiger partial charge in [0, 0.05) is 29.3 Å². The lowest BCUT2D eigenvalue weighted by atomic mass is 10.2. The minimum atomic E-state index is -0.542. The third-order valence-corrected chi connectivity index (χ3v) is 5.34. The van der Waals surface area contributed by atoms with Crippen molar-refractivity contribution in [2.45, 2.75) is 19.9 Å². The average Bonchev–Trinajstić information content (AvgIpc) is 3.00. The highest BCUT2D eigenvalue weighted by molar-refractivity contribution is 14.1. The van der Waals surface area contributed by atoms with Gasteiger partial charge in [-0.05, 0) is 53.8 Å². The first-order chi connectivity index (χ1) is 13.8. The maximum absolute atomic E-state index is 12.3. The van der Waals surface area contributed by atoms with Crippen molar-refractivity contribution in [3.05, 3.63) is 73.1 Å². The summed E-state index contributed by atoms with van der Waals surface area (Å²) in [5.41, 5.74) is 1.07. The van der Waals surface area contributed by atoms with Crippen LogP contribution >= 0.6 is 34.2 Å². The van der Waals surface area contributed by atoms with Gasteiger partial charge in [-0.3, -0.25) is 19.6 Å². The number of aromatic nitrogens is 2. The van der Waals surface area contributed by atoms with Gasteiger partial charge in [-0.25, -0.2) is 0 Å². The Morgan fingerprint density at radius 3 is 2.62 bits per heavy atom. The molecule has 150 valence electrons. The average molecular weight is 527 g/mol. The molecular weight excluding hydrogens is 511 g/mol. The van der Waals surface area contributed by atoms with Gasteiger partial charge in [0.1, 0.15) is 11.5 Å². The zero-order chi connectivity index (χ0) is 21.0. The highest BCUT2D eigenvalue weighted by Gasteiger charge is 2.14. The Bertz CT molecular complexity index is 1050. The molecule has 0 aliphatic carbocycles. The number of nitrogens with one attached hydrogen (secondary N) is 1. The van der Waals surface area contributed by atoms with Crippen LogP contribution in [0.2, 0.25) is 5.02 Å². The standard InChI is InChI=1S/C19H16ClIN4O4/c1-12-18(21)11-22-24(12)7-6-19(26)23-14-8-15(25(27)28)10-17(9-14)29-16-4-2-13(20)3-5-16/h2-5,8-11H,6-7H2,1H3,(H,23,26). The van der Waals surface area contributed by atoms with Crippen LogP contribution in [-0.4, -0.2) is 20.6 Å². The van der Waals surface area contributed by atoms with Crippen molar-refractivity contribution in [3.63, 3.8) is 0 Å². The SMILES string of the molecule is Cc1c(I)cnn1CCC(=O)Nc1cc(Oc2ccc(Cl)cc2)cc([N+](=O)[O-])c1. The van der Waals surface area contributed by atoms with Gasteiger partial charge in [0.05, 0.1) is 33.0 Å². The monoisotopic (exact) mass is 526 g/mol. The van der Waals surface area contributed by atoms with Crippen LogP contribution in [-0.2, 0) is 11.3 Å². The molecule has 0 aliphatic heterocycles. The van der Waals surface area contributed by atoms with E-state index in [2.05, 4.69) is 33.0 Å². The number of halogens is 2. The van der Waals surface area contributed by atoms with E-state index in [-0.39, 0.29) is 29.5 Å². The summed E-state index contributed by atoms with van der Waals surface area (Å²) in [6.45, 7) is 2.33. The zero-order valence-electron chi connectivity index (χ0n) is 15.3. The molecule has 10 heteroatoms. The van der Waals surface area contributed by atoms with Gasteiger partial charge in [0.25, 0.3) is 5.69 Å². The van der Waals surface area contributed by atoms with E-state index in [1.165, 1.54) is 18.2 Å². The van der Waals surface area contributed by atoms with Gasteiger partial charge >= 0.3 is 0 Å². The van der Waals surface area contributed by atoms with Crippen molar-refractivity contribution in [3.8, 4) is 11.5 Å². The van der Waals surface area contributed by atoms with Crippen LogP contribution in [0.25, 0.3) is 0 Å². The first-order valence-electron chi connectivity index (χ1n) is 8.52. The molecule has 3 aromatic rings. The molecule has 0 unspecified atom stereocenters. The van der Waals surface area contributed by atoms with Crippen LogP contribution in [0.4, 0.5) is 11.4 Å². The van der Waals surface area contributed by atoms with Gasteiger partial charge < -0.3 is 10.1 Å². The third-order valence-electron chi connectivity index (χ3n) is 4.03. The predicted molar refractivity (Wildman–Crippen MR) is 118 cm³/mol. The van der Waals surface area contributed by atoms with Crippen molar-refractivity contribution < 1.29 is 14.5 Å². The molecular formula is C19H16ClIN4O4. The molecule has 0 radical (unpaired) electrons. The number of aryl methyl sites for hydroxylation is 1. The molecule has 0 spiro atoms. The smallest absolute Gasteiger partial charge is 0.275 e. The number of hydrogen-bond donors (Lipinski definition) is 1. The quantitative estimate of drug-likeness (QED) is 0.260. The van der Waals surface area contributed by atoms with Crippen LogP contribution in [0.15, 0.2) is 48.7 Å². The van der Waals surface area contributed by atoms with Crippen LogP contribution < -0.4 is 10.1 Å². The second-order valence-corrected chi connectivity index (χ2v) is 7.73. The van der Waals surface area contributed by atoms with Crippen LogP contribution in [0.3, 0.4) is 0 Å². The Balaban J connectivity index is 1.72. The van der Waals surface area contributed by atoms with Crippen LogP contribution in [0.1, 0.15) is 12.1 Å². The molecule has 29 heavy (non-hydrogen) atoms. The topological polar surface area (TPSA) is 99.3 Å². The molecule has 0 aliphatic rings. The second-order valence-electron chi connectivity index (χ2n) is 6.13. The van der Waals surface area contributed by atoms with Crippen molar-refractivity contribution in [1.82, 2.24) is 9.78 Å². The van der Waals surface area contributed by atoms with E-state index in [1.807, 2.05) is 6.92 Å².